The van der Waals surface area contributed by atoms with E-state index in [9.17, 15) is 14.2 Å². The fourth-order valence-corrected chi connectivity index (χ4v) is 7.20. The van der Waals surface area contributed by atoms with Crippen molar-refractivity contribution in [2.75, 3.05) is 13.2 Å². The molecule has 2 N–H and O–H groups in total. The third-order valence-corrected chi connectivity index (χ3v) is 10.8. The summed E-state index contributed by atoms with van der Waals surface area (Å²) in [4.78, 5) is 42.9. The van der Waals surface area contributed by atoms with E-state index in [0.717, 1.165) is 44.9 Å². The molecule has 0 aromatic carbocycles. The SMILES string of the molecule is CCCCCCCCCC/C=C/CCCCCC(=O)O[C@H](COC(=O)CCCCCCCCCCCCCCCCCCCCCCC)COP(=O)(O)O. The van der Waals surface area contributed by atoms with E-state index in [1.54, 1.807) is 0 Å². The standard InChI is InChI=1S/C45H87O8P/c1-3-5-7-9-11-13-15-17-19-20-21-22-23-24-26-27-29-31-33-35-37-39-44(46)51-41-43(42-52-54(48,49)50)53-45(47)40-38-36-34-32-30-28-25-18-16-14-12-10-8-6-4-2/h28,30,43H,3-27,29,31-42H2,1-2H3,(H2,48,49,50)/b30-28+/t43-/m1/s1. The average Bonchev–Trinajstić information content (AvgIpc) is 3.14. The lowest BCUT2D eigenvalue weighted by Crippen LogP contribution is -2.29. The van der Waals surface area contributed by atoms with Crippen molar-refractivity contribution in [2.45, 2.75) is 251 Å². The Morgan fingerprint density at radius 2 is 0.778 bits per heavy atom. The zero-order valence-corrected chi connectivity index (χ0v) is 36.3. The average molecular weight is 787 g/mol. The molecule has 8 nitrogen and oxygen atoms in total. The molecule has 0 aromatic rings. The molecule has 0 radical (unpaired) electrons. The Bertz CT molecular complexity index is 889. The molecule has 9 heteroatoms. The molecule has 0 aliphatic rings. The molecular formula is C45H87O8P. The maximum atomic E-state index is 12.4. The highest BCUT2D eigenvalue weighted by molar-refractivity contribution is 7.46. The maximum Gasteiger partial charge on any atom is 0.469 e. The summed E-state index contributed by atoms with van der Waals surface area (Å²) >= 11 is 0. The minimum Gasteiger partial charge on any atom is -0.462 e. The van der Waals surface area contributed by atoms with E-state index >= 15 is 0 Å². The van der Waals surface area contributed by atoms with Gasteiger partial charge in [-0.1, -0.05) is 206 Å². The van der Waals surface area contributed by atoms with Crippen LogP contribution in [0.1, 0.15) is 245 Å². The third kappa shape index (κ3) is 43.5. The van der Waals surface area contributed by atoms with Crippen molar-refractivity contribution in [3.05, 3.63) is 12.2 Å². The molecule has 0 bridgehead atoms. The maximum absolute atomic E-state index is 12.4. The number of esters is 2. The Morgan fingerprint density at radius 1 is 0.463 bits per heavy atom. The number of hydrogen-bond acceptors (Lipinski definition) is 6. The molecule has 320 valence electrons. The van der Waals surface area contributed by atoms with Crippen LogP contribution in [0.5, 0.6) is 0 Å². The summed E-state index contributed by atoms with van der Waals surface area (Å²) in [5, 5.41) is 0. The molecule has 0 fully saturated rings. The highest BCUT2D eigenvalue weighted by Gasteiger charge is 2.22. The monoisotopic (exact) mass is 787 g/mol. The van der Waals surface area contributed by atoms with Gasteiger partial charge < -0.3 is 19.3 Å². The quantitative estimate of drug-likeness (QED) is 0.0271. The van der Waals surface area contributed by atoms with E-state index in [2.05, 4.69) is 30.5 Å². The van der Waals surface area contributed by atoms with Crippen LogP contribution in [0.4, 0.5) is 0 Å². The smallest absolute Gasteiger partial charge is 0.462 e. The van der Waals surface area contributed by atoms with Crippen molar-refractivity contribution in [1.82, 2.24) is 0 Å². The van der Waals surface area contributed by atoms with Gasteiger partial charge >= 0.3 is 19.8 Å². The second kappa shape index (κ2) is 41.4. The van der Waals surface area contributed by atoms with Gasteiger partial charge in [0.15, 0.2) is 6.10 Å². The van der Waals surface area contributed by atoms with Crippen molar-refractivity contribution < 1.29 is 37.9 Å². The zero-order chi connectivity index (χ0) is 39.6. The van der Waals surface area contributed by atoms with Crippen LogP contribution in [0, 0.1) is 0 Å². The third-order valence-electron chi connectivity index (χ3n) is 10.3. The van der Waals surface area contributed by atoms with Gasteiger partial charge in [-0.25, -0.2) is 4.57 Å². The van der Waals surface area contributed by atoms with Crippen LogP contribution in [0.25, 0.3) is 0 Å². The molecule has 0 aliphatic carbocycles. The lowest BCUT2D eigenvalue weighted by molar-refractivity contribution is -0.161. The van der Waals surface area contributed by atoms with Crippen LogP contribution >= 0.6 is 7.82 Å². The van der Waals surface area contributed by atoms with Crippen LogP contribution in [0.2, 0.25) is 0 Å². The number of allylic oxidation sites excluding steroid dienone is 2. The van der Waals surface area contributed by atoms with Crippen molar-refractivity contribution in [1.29, 1.82) is 0 Å². The first-order chi connectivity index (χ1) is 26.3. The number of carbonyl (C=O) groups excluding carboxylic acids is 2. The van der Waals surface area contributed by atoms with Crippen LogP contribution in [-0.2, 0) is 28.2 Å². The first-order valence-corrected chi connectivity index (χ1v) is 24.5. The van der Waals surface area contributed by atoms with Gasteiger partial charge in [-0.15, -0.1) is 0 Å². The summed E-state index contributed by atoms with van der Waals surface area (Å²) in [6.07, 6.45) is 46.6. The fourth-order valence-electron chi connectivity index (χ4n) is 6.84. The zero-order valence-electron chi connectivity index (χ0n) is 35.4. The van der Waals surface area contributed by atoms with E-state index in [0.29, 0.717) is 6.42 Å². The minimum absolute atomic E-state index is 0.196. The second-order valence-electron chi connectivity index (χ2n) is 15.7. The van der Waals surface area contributed by atoms with E-state index in [1.165, 1.54) is 167 Å². The molecule has 0 spiro atoms. The second-order valence-corrected chi connectivity index (χ2v) is 17.0. The summed E-state index contributed by atoms with van der Waals surface area (Å²) in [6.45, 7) is 3.71. The molecule has 54 heavy (non-hydrogen) atoms. The van der Waals surface area contributed by atoms with Gasteiger partial charge in [0.25, 0.3) is 0 Å². The van der Waals surface area contributed by atoms with Crippen LogP contribution < -0.4 is 0 Å². The van der Waals surface area contributed by atoms with Crippen LogP contribution in [0.15, 0.2) is 12.2 Å². The van der Waals surface area contributed by atoms with Crippen molar-refractivity contribution in [3.8, 4) is 0 Å². The Hall–Kier alpha value is -1.21. The lowest BCUT2D eigenvalue weighted by Gasteiger charge is -2.18. The Balaban J connectivity index is 3.82. The number of phosphoric ester groups is 1. The molecule has 0 rings (SSSR count). The number of phosphoric acid groups is 1. The summed E-state index contributed by atoms with van der Waals surface area (Å²) in [6, 6.07) is 0. The summed E-state index contributed by atoms with van der Waals surface area (Å²) in [5.41, 5.74) is 0. The Kier molecular flexibility index (Phi) is 40.5. The number of carbonyl (C=O) groups is 2. The van der Waals surface area contributed by atoms with Gasteiger partial charge in [-0.2, -0.15) is 0 Å². The predicted molar refractivity (Wildman–Crippen MR) is 226 cm³/mol. The van der Waals surface area contributed by atoms with E-state index in [-0.39, 0.29) is 19.4 Å². The largest absolute Gasteiger partial charge is 0.469 e. The number of hydrogen-bond donors (Lipinski definition) is 2. The first kappa shape index (κ1) is 52.8. The number of rotatable bonds is 43. The molecule has 0 saturated heterocycles. The minimum atomic E-state index is -4.75. The first-order valence-electron chi connectivity index (χ1n) is 23.0. The molecule has 0 aromatic heterocycles. The molecule has 0 amide bonds. The summed E-state index contributed by atoms with van der Waals surface area (Å²) < 4.78 is 26.4. The Labute approximate surface area is 333 Å². The summed E-state index contributed by atoms with van der Waals surface area (Å²) in [7, 11) is -4.75. The molecule has 1 atom stereocenters. The molecule has 0 aliphatic heterocycles. The van der Waals surface area contributed by atoms with Crippen LogP contribution in [-0.4, -0.2) is 41.0 Å². The summed E-state index contributed by atoms with van der Waals surface area (Å²) in [5.74, 6) is -0.888. The van der Waals surface area contributed by atoms with Crippen molar-refractivity contribution in [3.63, 3.8) is 0 Å². The molecule has 0 heterocycles. The van der Waals surface area contributed by atoms with Gasteiger partial charge in [0.05, 0.1) is 6.61 Å². The van der Waals surface area contributed by atoms with E-state index in [4.69, 9.17) is 19.3 Å². The van der Waals surface area contributed by atoms with Gasteiger partial charge in [0.1, 0.15) is 6.61 Å². The normalized spacial score (nSPS) is 12.4. The highest BCUT2D eigenvalue weighted by Crippen LogP contribution is 2.36. The predicted octanol–water partition coefficient (Wildman–Crippen LogP) is 14.2. The van der Waals surface area contributed by atoms with Gasteiger partial charge in [-0.3, -0.25) is 14.1 Å². The fraction of sp³-hybridized carbons (Fsp3) is 0.911. The topological polar surface area (TPSA) is 119 Å². The van der Waals surface area contributed by atoms with Crippen molar-refractivity contribution >= 4 is 19.8 Å². The van der Waals surface area contributed by atoms with Gasteiger partial charge in [-0.05, 0) is 38.5 Å². The van der Waals surface area contributed by atoms with Crippen molar-refractivity contribution in [2.24, 2.45) is 0 Å². The molecule has 0 unspecified atom stereocenters. The highest BCUT2D eigenvalue weighted by atomic mass is 31.2. The number of unbranched alkanes of at least 4 members (excludes halogenated alkanes) is 31. The van der Waals surface area contributed by atoms with E-state index in [1.807, 2.05) is 0 Å². The van der Waals surface area contributed by atoms with Gasteiger partial charge in [0, 0.05) is 12.8 Å². The lowest BCUT2D eigenvalue weighted by atomic mass is 10.0. The Morgan fingerprint density at radius 3 is 1.15 bits per heavy atom. The number of ether oxygens (including phenoxy) is 2. The van der Waals surface area contributed by atoms with E-state index < -0.39 is 32.5 Å². The van der Waals surface area contributed by atoms with Crippen LogP contribution in [0.3, 0.4) is 0 Å². The molecule has 0 saturated carbocycles. The molecular weight excluding hydrogens is 699 g/mol. The van der Waals surface area contributed by atoms with Gasteiger partial charge in [0.2, 0.25) is 0 Å².